The monoisotopic (exact) mass is 360 g/mol. The molecule has 0 bridgehead atoms. The summed E-state index contributed by atoms with van der Waals surface area (Å²) in [6.45, 7) is 2.08. The van der Waals surface area contributed by atoms with Crippen molar-refractivity contribution in [3.05, 3.63) is 59.4 Å². The van der Waals surface area contributed by atoms with E-state index < -0.39 is 0 Å². The van der Waals surface area contributed by atoms with Crippen molar-refractivity contribution in [1.82, 2.24) is 14.4 Å². The second kappa shape index (κ2) is 6.62. The summed E-state index contributed by atoms with van der Waals surface area (Å²) in [5.74, 6) is 0.818. The molecule has 0 aliphatic rings. The second-order valence-corrected chi connectivity index (χ2v) is 7.01. The first kappa shape index (κ1) is 16.3. The molecule has 0 fully saturated rings. The number of hydrogen-bond acceptors (Lipinski definition) is 5. The third kappa shape index (κ3) is 2.63. The Kier molecular flexibility index (Phi) is 4.15. The number of imidazole rings is 1. The average molecular weight is 360 g/mol. The minimum Gasteiger partial charge on any atom is -0.497 e. The number of nitrogens with zero attached hydrogens (tertiary/aromatic N) is 4. The van der Waals surface area contributed by atoms with Crippen LogP contribution in [-0.2, 0) is 6.42 Å². The Hall–Kier alpha value is -3.17. The highest BCUT2D eigenvalue weighted by molar-refractivity contribution is 7.17. The lowest BCUT2D eigenvalue weighted by Gasteiger charge is -2.07. The minimum absolute atomic E-state index is 0.290. The van der Waals surface area contributed by atoms with E-state index in [0.29, 0.717) is 0 Å². The Bertz CT molecular complexity index is 1100. The zero-order valence-corrected chi connectivity index (χ0v) is 15.2. The van der Waals surface area contributed by atoms with Gasteiger partial charge in [-0.15, -0.1) is 11.3 Å². The number of nitriles is 1. The zero-order valence-electron chi connectivity index (χ0n) is 14.4. The molecule has 0 radical (unpaired) electrons. The summed E-state index contributed by atoms with van der Waals surface area (Å²) in [5.41, 5.74) is 4.87. The standard InChI is InChI=1S/C20H16N4OS/c1-13-19(15-3-5-16(25-2)6-4-15)24-17(7-10-21)18(23-20(24)26-13)14-8-11-22-12-9-14/h3-6,8-9,11-12H,7H2,1-2H3. The van der Waals surface area contributed by atoms with Crippen LogP contribution in [0.4, 0.5) is 0 Å². The fourth-order valence-electron chi connectivity index (χ4n) is 3.13. The number of aryl methyl sites for hydroxylation is 1. The molecule has 3 aromatic heterocycles. The van der Waals surface area contributed by atoms with Crippen LogP contribution in [-0.4, -0.2) is 21.5 Å². The van der Waals surface area contributed by atoms with Gasteiger partial charge in [0.05, 0.1) is 36.7 Å². The maximum Gasteiger partial charge on any atom is 0.195 e. The van der Waals surface area contributed by atoms with Gasteiger partial charge in [-0.05, 0) is 48.9 Å². The van der Waals surface area contributed by atoms with Gasteiger partial charge in [0.2, 0.25) is 0 Å². The molecule has 5 nitrogen and oxygen atoms in total. The number of benzene rings is 1. The Balaban J connectivity index is 1.97. The Morgan fingerprint density at radius 3 is 2.50 bits per heavy atom. The summed E-state index contributed by atoms with van der Waals surface area (Å²) in [6.07, 6.45) is 3.78. The quantitative estimate of drug-likeness (QED) is 0.537. The van der Waals surface area contributed by atoms with E-state index in [2.05, 4.69) is 22.4 Å². The van der Waals surface area contributed by atoms with Crippen molar-refractivity contribution in [2.24, 2.45) is 0 Å². The molecule has 1 aromatic carbocycles. The first-order valence-electron chi connectivity index (χ1n) is 8.15. The van der Waals surface area contributed by atoms with Gasteiger partial charge in [0.25, 0.3) is 0 Å². The van der Waals surface area contributed by atoms with Gasteiger partial charge in [-0.1, -0.05) is 0 Å². The SMILES string of the molecule is COc1ccc(-c2c(C)sc3nc(-c4ccncc4)c(CC#N)n23)cc1. The fraction of sp³-hybridized carbons (Fsp3) is 0.150. The third-order valence-electron chi connectivity index (χ3n) is 4.31. The fourth-order valence-corrected chi connectivity index (χ4v) is 4.14. The number of pyridine rings is 1. The zero-order chi connectivity index (χ0) is 18.1. The largest absolute Gasteiger partial charge is 0.497 e. The van der Waals surface area contributed by atoms with Crippen molar-refractivity contribution in [1.29, 1.82) is 5.26 Å². The number of hydrogen-bond donors (Lipinski definition) is 0. The molecule has 6 heteroatoms. The van der Waals surface area contributed by atoms with Crippen LogP contribution in [0, 0.1) is 18.3 Å². The molecule has 0 spiro atoms. The lowest BCUT2D eigenvalue weighted by atomic mass is 10.1. The molecule has 4 rings (SSSR count). The predicted molar refractivity (Wildman–Crippen MR) is 102 cm³/mol. The first-order valence-corrected chi connectivity index (χ1v) is 8.97. The number of methoxy groups -OCH3 is 1. The van der Waals surface area contributed by atoms with Gasteiger partial charge in [0.15, 0.2) is 4.96 Å². The molecule has 0 unspecified atom stereocenters. The maximum absolute atomic E-state index is 9.39. The number of aromatic nitrogens is 3. The van der Waals surface area contributed by atoms with Gasteiger partial charge in [-0.25, -0.2) is 4.98 Å². The Morgan fingerprint density at radius 2 is 1.85 bits per heavy atom. The molecule has 3 heterocycles. The van der Waals surface area contributed by atoms with E-state index in [4.69, 9.17) is 9.72 Å². The molecule has 0 saturated carbocycles. The number of rotatable bonds is 4. The molecule has 0 aliphatic heterocycles. The Morgan fingerprint density at radius 1 is 1.12 bits per heavy atom. The van der Waals surface area contributed by atoms with Crippen molar-refractivity contribution >= 4 is 16.3 Å². The molecule has 26 heavy (non-hydrogen) atoms. The highest BCUT2D eigenvalue weighted by Gasteiger charge is 2.21. The van der Waals surface area contributed by atoms with Gasteiger partial charge < -0.3 is 4.74 Å². The summed E-state index contributed by atoms with van der Waals surface area (Å²) < 4.78 is 7.37. The molecular weight excluding hydrogens is 344 g/mol. The molecule has 0 saturated heterocycles. The van der Waals surface area contributed by atoms with E-state index in [9.17, 15) is 5.26 Å². The molecule has 128 valence electrons. The van der Waals surface area contributed by atoms with E-state index in [1.165, 1.54) is 0 Å². The van der Waals surface area contributed by atoms with Gasteiger partial charge in [-0.3, -0.25) is 9.38 Å². The third-order valence-corrected chi connectivity index (χ3v) is 5.26. The van der Waals surface area contributed by atoms with Crippen LogP contribution in [0.1, 0.15) is 10.6 Å². The number of fused-ring (bicyclic) bond motifs is 1. The van der Waals surface area contributed by atoms with Crippen LogP contribution in [0.15, 0.2) is 48.8 Å². The second-order valence-electron chi connectivity index (χ2n) is 5.83. The highest BCUT2D eigenvalue weighted by atomic mass is 32.1. The van der Waals surface area contributed by atoms with E-state index >= 15 is 0 Å². The lowest BCUT2D eigenvalue weighted by molar-refractivity contribution is 0.415. The molecule has 0 amide bonds. The predicted octanol–water partition coefficient (Wildman–Crippen LogP) is 4.51. The van der Waals surface area contributed by atoms with Crippen molar-refractivity contribution in [3.63, 3.8) is 0 Å². The summed E-state index contributed by atoms with van der Waals surface area (Å²) in [7, 11) is 1.66. The van der Waals surface area contributed by atoms with Crippen molar-refractivity contribution < 1.29 is 4.74 Å². The van der Waals surface area contributed by atoms with Gasteiger partial charge in [-0.2, -0.15) is 5.26 Å². The molecule has 0 aliphatic carbocycles. The van der Waals surface area contributed by atoms with Crippen molar-refractivity contribution in [3.8, 4) is 34.3 Å². The Labute approximate surface area is 155 Å². The van der Waals surface area contributed by atoms with Crippen LogP contribution in [0.5, 0.6) is 5.75 Å². The minimum atomic E-state index is 0.290. The van der Waals surface area contributed by atoms with Gasteiger partial charge in [0.1, 0.15) is 5.75 Å². The lowest BCUT2D eigenvalue weighted by Crippen LogP contribution is -1.96. The van der Waals surface area contributed by atoms with Crippen LogP contribution < -0.4 is 4.74 Å². The summed E-state index contributed by atoms with van der Waals surface area (Å²) >= 11 is 1.63. The van der Waals surface area contributed by atoms with Crippen LogP contribution >= 0.6 is 11.3 Å². The molecule has 4 aromatic rings. The van der Waals surface area contributed by atoms with Crippen LogP contribution in [0.25, 0.3) is 27.5 Å². The van der Waals surface area contributed by atoms with E-state index in [0.717, 1.165) is 43.8 Å². The van der Waals surface area contributed by atoms with E-state index in [1.54, 1.807) is 30.8 Å². The summed E-state index contributed by atoms with van der Waals surface area (Å²) in [6, 6.07) is 14.1. The molecule has 0 atom stereocenters. The number of ether oxygens (including phenoxy) is 1. The summed E-state index contributed by atoms with van der Waals surface area (Å²) in [4.78, 5) is 11.0. The normalized spacial score (nSPS) is 10.8. The van der Waals surface area contributed by atoms with Gasteiger partial charge in [0, 0.05) is 22.8 Å². The molecular formula is C20H16N4OS. The topological polar surface area (TPSA) is 63.2 Å². The average Bonchev–Trinajstić information content (AvgIpc) is 3.18. The van der Waals surface area contributed by atoms with Crippen molar-refractivity contribution in [2.45, 2.75) is 13.3 Å². The van der Waals surface area contributed by atoms with E-state index in [1.807, 2.05) is 36.4 Å². The smallest absolute Gasteiger partial charge is 0.195 e. The molecule has 0 N–H and O–H groups in total. The highest BCUT2D eigenvalue weighted by Crippen LogP contribution is 2.36. The van der Waals surface area contributed by atoms with Crippen LogP contribution in [0.3, 0.4) is 0 Å². The van der Waals surface area contributed by atoms with Crippen molar-refractivity contribution in [2.75, 3.05) is 7.11 Å². The van der Waals surface area contributed by atoms with Gasteiger partial charge >= 0.3 is 0 Å². The summed E-state index contributed by atoms with van der Waals surface area (Å²) in [5, 5.41) is 9.39. The van der Waals surface area contributed by atoms with E-state index in [-0.39, 0.29) is 6.42 Å². The maximum atomic E-state index is 9.39. The number of thiazole rings is 1. The van der Waals surface area contributed by atoms with Crippen LogP contribution in [0.2, 0.25) is 0 Å². The first-order chi connectivity index (χ1) is 12.7.